The van der Waals surface area contributed by atoms with E-state index in [1.807, 2.05) is 47.4 Å². The average molecular weight is 494 g/mol. The third-order valence-corrected chi connectivity index (χ3v) is 7.54. The number of amides is 1. The van der Waals surface area contributed by atoms with Gasteiger partial charge in [-0.05, 0) is 47.9 Å². The molecule has 8 heteroatoms. The van der Waals surface area contributed by atoms with Gasteiger partial charge in [0.25, 0.3) is 5.91 Å². The van der Waals surface area contributed by atoms with Crippen LogP contribution >= 0.6 is 0 Å². The quantitative estimate of drug-likeness (QED) is 0.520. The number of hydrogen-bond acceptors (Lipinski definition) is 5. The molecule has 0 spiro atoms. The first-order valence-corrected chi connectivity index (χ1v) is 13.2. The van der Waals surface area contributed by atoms with Crippen LogP contribution in [0.1, 0.15) is 27.9 Å². The van der Waals surface area contributed by atoms with Gasteiger partial charge in [-0.25, -0.2) is 13.1 Å². The zero-order valence-corrected chi connectivity index (χ0v) is 20.7. The van der Waals surface area contributed by atoms with Gasteiger partial charge in [0.05, 0.1) is 12.0 Å². The zero-order valence-electron chi connectivity index (χ0n) is 19.9. The Kier molecular flexibility index (Phi) is 8.17. The maximum atomic E-state index is 13.2. The summed E-state index contributed by atoms with van der Waals surface area (Å²) in [7, 11) is -2.08. The highest BCUT2D eigenvalue weighted by Crippen LogP contribution is 2.17. The fraction of sp³-hybridized carbons (Fsp3) is 0.296. The van der Waals surface area contributed by atoms with E-state index in [-0.39, 0.29) is 17.3 Å². The topological polar surface area (TPSA) is 79.0 Å². The monoisotopic (exact) mass is 493 g/mol. The van der Waals surface area contributed by atoms with Gasteiger partial charge in [0.2, 0.25) is 10.0 Å². The van der Waals surface area contributed by atoms with E-state index in [2.05, 4.69) is 21.8 Å². The summed E-state index contributed by atoms with van der Waals surface area (Å²) in [6.45, 7) is 3.89. The summed E-state index contributed by atoms with van der Waals surface area (Å²) in [4.78, 5) is 17.5. The summed E-state index contributed by atoms with van der Waals surface area (Å²) < 4.78 is 33.5. The average Bonchev–Trinajstić information content (AvgIpc) is 3.14. The van der Waals surface area contributed by atoms with Crippen LogP contribution in [0.25, 0.3) is 0 Å². The van der Waals surface area contributed by atoms with Crippen molar-refractivity contribution in [1.29, 1.82) is 0 Å². The van der Waals surface area contributed by atoms with Crippen LogP contribution in [0.4, 0.5) is 0 Å². The zero-order chi connectivity index (χ0) is 24.7. The standard InChI is InChI=1S/C27H31N3O4S/c1-34-25-13-11-23(12-14-25)21-29-15-6-16-30(18-17-29)27(31)24-9-5-10-26(19-24)35(32,33)28-20-22-7-3-2-4-8-22/h2-5,7-14,19,28H,6,15-18,20-21H2,1H3. The fourth-order valence-corrected chi connectivity index (χ4v) is 5.22. The number of sulfonamides is 1. The van der Waals surface area contributed by atoms with Crippen LogP contribution < -0.4 is 9.46 Å². The highest BCUT2D eigenvalue weighted by Gasteiger charge is 2.22. The second kappa shape index (κ2) is 11.5. The third kappa shape index (κ3) is 6.69. The number of rotatable bonds is 8. The summed E-state index contributed by atoms with van der Waals surface area (Å²) in [5.74, 6) is 0.692. The summed E-state index contributed by atoms with van der Waals surface area (Å²) >= 11 is 0. The summed E-state index contributed by atoms with van der Waals surface area (Å²) in [5, 5.41) is 0. The van der Waals surface area contributed by atoms with Crippen molar-refractivity contribution >= 4 is 15.9 Å². The van der Waals surface area contributed by atoms with Crippen LogP contribution in [-0.2, 0) is 23.1 Å². The second-order valence-corrected chi connectivity index (χ2v) is 10.4. The lowest BCUT2D eigenvalue weighted by Gasteiger charge is -2.22. The maximum Gasteiger partial charge on any atom is 0.253 e. The SMILES string of the molecule is COc1ccc(CN2CCCN(C(=O)c3cccc(S(=O)(=O)NCc4ccccc4)c3)CC2)cc1. The lowest BCUT2D eigenvalue weighted by Crippen LogP contribution is -2.35. The highest BCUT2D eigenvalue weighted by molar-refractivity contribution is 7.89. The number of carbonyl (C=O) groups excluding carboxylic acids is 1. The van der Waals surface area contributed by atoms with Crippen molar-refractivity contribution in [3.8, 4) is 5.75 Å². The van der Waals surface area contributed by atoms with E-state index in [1.165, 1.54) is 17.7 Å². The molecule has 0 saturated carbocycles. The van der Waals surface area contributed by atoms with Gasteiger partial charge in [-0.2, -0.15) is 0 Å². The normalized spacial score (nSPS) is 14.9. The molecular weight excluding hydrogens is 462 g/mol. The van der Waals surface area contributed by atoms with E-state index in [0.29, 0.717) is 18.7 Å². The van der Waals surface area contributed by atoms with Crippen LogP contribution in [0, 0.1) is 0 Å². The molecule has 1 heterocycles. The highest BCUT2D eigenvalue weighted by atomic mass is 32.2. The molecular formula is C27H31N3O4S. The first kappa shape index (κ1) is 24.9. The van der Waals surface area contributed by atoms with Crippen molar-refractivity contribution in [3.05, 3.63) is 95.6 Å². The summed E-state index contributed by atoms with van der Waals surface area (Å²) in [6, 6.07) is 23.7. The van der Waals surface area contributed by atoms with Crippen LogP contribution in [0.15, 0.2) is 83.8 Å². The third-order valence-electron chi connectivity index (χ3n) is 6.14. The van der Waals surface area contributed by atoms with Gasteiger partial charge in [0.1, 0.15) is 5.75 Å². The van der Waals surface area contributed by atoms with Crippen LogP contribution in [0.3, 0.4) is 0 Å². The Balaban J connectivity index is 1.37. The summed E-state index contributed by atoms with van der Waals surface area (Å²) in [6.07, 6.45) is 0.860. The van der Waals surface area contributed by atoms with E-state index >= 15 is 0 Å². The molecule has 4 rings (SSSR count). The predicted octanol–water partition coefficient (Wildman–Crippen LogP) is 3.52. The maximum absolute atomic E-state index is 13.2. The molecule has 1 aliphatic heterocycles. The molecule has 0 unspecified atom stereocenters. The van der Waals surface area contributed by atoms with Crippen LogP contribution in [0.2, 0.25) is 0 Å². The Labute approximate surface area is 207 Å². The largest absolute Gasteiger partial charge is 0.497 e. The smallest absolute Gasteiger partial charge is 0.253 e. The van der Waals surface area contributed by atoms with Gasteiger partial charge in [0, 0.05) is 44.8 Å². The van der Waals surface area contributed by atoms with Crippen molar-refractivity contribution in [2.45, 2.75) is 24.4 Å². The molecule has 0 aliphatic carbocycles. The van der Waals surface area contributed by atoms with E-state index in [0.717, 1.165) is 37.4 Å². The summed E-state index contributed by atoms with van der Waals surface area (Å²) in [5.41, 5.74) is 2.45. The molecule has 7 nitrogen and oxygen atoms in total. The Hall–Kier alpha value is -3.20. The lowest BCUT2D eigenvalue weighted by molar-refractivity contribution is 0.0761. The number of methoxy groups -OCH3 is 1. The van der Waals surface area contributed by atoms with Gasteiger partial charge in [-0.1, -0.05) is 48.5 Å². The molecule has 35 heavy (non-hydrogen) atoms. The van der Waals surface area contributed by atoms with Crippen molar-refractivity contribution in [1.82, 2.24) is 14.5 Å². The minimum atomic E-state index is -3.74. The van der Waals surface area contributed by atoms with Gasteiger partial charge < -0.3 is 9.64 Å². The minimum Gasteiger partial charge on any atom is -0.497 e. The van der Waals surface area contributed by atoms with Crippen molar-refractivity contribution < 1.29 is 17.9 Å². The van der Waals surface area contributed by atoms with Crippen molar-refractivity contribution in [2.75, 3.05) is 33.3 Å². The molecule has 0 bridgehead atoms. The number of benzene rings is 3. The molecule has 184 valence electrons. The van der Waals surface area contributed by atoms with E-state index in [9.17, 15) is 13.2 Å². The van der Waals surface area contributed by atoms with Crippen molar-refractivity contribution in [3.63, 3.8) is 0 Å². The molecule has 0 aromatic heterocycles. The number of nitrogens with zero attached hydrogens (tertiary/aromatic N) is 2. The Bertz CT molecular complexity index is 1230. The van der Waals surface area contributed by atoms with E-state index in [1.54, 1.807) is 19.2 Å². The van der Waals surface area contributed by atoms with E-state index in [4.69, 9.17) is 4.74 Å². The number of hydrogen-bond donors (Lipinski definition) is 1. The van der Waals surface area contributed by atoms with Gasteiger partial charge in [-0.15, -0.1) is 0 Å². The predicted molar refractivity (Wildman–Crippen MR) is 136 cm³/mol. The fourth-order valence-electron chi connectivity index (χ4n) is 4.16. The molecule has 1 aliphatic rings. The molecule has 0 atom stereocenters. The van der Waals surface area contributed by atoms with Crippen LogP contribution in [0.5, 0.6) is 5.75 Å². The number of ether oxygens (including phenoxy) is 1. The molecule has 1 N–H and O–H groups in total. The van der Waals surface area contributed by atoms with Crippen LogP contribution in [-0.4, -0.2) is 57.4 Å². The Morgan fingerprint density at radius 2 is 1.66 bits per heavy atom. The number of nitrogens with one attached hydrogen (secondary N) is 1. The lowest BCUT2D eigenvalue weighted by atomic mass is 10.2. The van der Waals surface area contributed by atoms with E-state index < -0.39 is 10.0 Å². The second-order valence-electron chi connectivity index (χ2n) is 8.61. The minimum absolute atomic E-state index is 0.0928. The first-order valence-electron chi connectivity index (χ1n) is 11.7. The van der Waals surface area contributed by atoms with Gasteiger partial charge in [-0.3, -0.25) is 9.69 Å². The van der Waals surface area contributed by atoms with Gasteiger partial charge in [0.15, 0.2) is 0 Å². The first-order chi connectivity index (χ1) is 16.9. The van der Waals surface area contributed by atoms with Gasteiger partial charge >= 0.3 is 0 Å². The molecule has 1 amide bonds. The molecule has 1 saturated heterocycles. The molecule has 0 radical (unpaired) electrons. The Morgan fingerprint density at radius 3 is 2.40 bits per heavy atom. The molecule has 3 aromatic rings. The number of carbonyl (C=O) groups is 1. The van der Waals surface area contributed by atoms with Crippen molar-refractivity contribution in [2.24, 2.45) is 0 Å². The Morgan fingerprint density at radius 1 is 0.886 bits per heavy atom. The molecule has 1 fully saturated rings. The molecule has 3 aromatic carbocycles.